The maximum Gasteiger partial charge on any atom is 0.222 e. The van der Waals surface area contributed by atoms with Gasteiger partial charge in [0, 0.05) is 43.2 Å². The molecule has 1 heterocycles. The van der Waals surface area contributed by atoms with Gasteiger partial charge in [-0.15, -0.1) is 35.7 Å². The van der Waals surface area contributed by atoms with Gasteiger partial charge in [0.2, 0.25) is 5.91 Å². The number of piperidine rings is 1. The lowest BCUT2D eigenvalue weighted by Crippen LogP contribution is -2.51. The van der Waals surface area contributed by atoms with Gasteiger partial charge in [-0.2, -0.15) is 0 Å². The van der Waals surface area contributed by atoms with Crippen LogP contribution < -0.4 is 10.6 Å². The van der Waals surface area contributed by atoms with E-state index in [4.69, 9.17) is 0 Å². The molecule has 0 spiro atoms. The van der Waals surface area contributed by atoms with Crippen LogP contribution in [0.5, 0.6) is 0 Å². The molecule has 0 saturated carbocycles. The number of hydrogen-bond donors (Lipinski definition) is 2. The first kappa shape index (κ1) is 22.0. The number of aliphatic imine (C=N–C) groups is 1. The molecule has 1 unspecified atom stereocenters. The molecule has 1 amide bonds. The van der Waals surface area contributed by atoms with Crippen LogP contribution in [0, 0.1) is 5.82 Å². The lowest BCUT2D eigenvalue weighted by molar-refractivity contribution is -0.132. The van der Waals surface area contributed by atoms with Crippen LogP contribution >= 0.6 is 35.7 Å². The van der Waals surface area contributed by atoms with E-state index in [1.54, 1.807) is 17.0 Å². The Balaban J connectivity index is 0.00000312. The summed E-state index contributed by atoms with van der Waals surface area (Å²) in [6, 6.07) is 6.99. The predicted octanol–water partition coefficient (Wildman–Crippen LogP) is 2.71. The maximum atomic E-state index is 13.6. The van der Waals surface area contributed by atoms with Crippen molar-refractivity contribution < 1.29 is 9.18 Å². The highest BCUT2D eigenvalue weighted by atomic mass is 127. The van der Waals surface area contributed by atoms with Crippen molar-refractivity contribution in [3.8, 4) is 0 Å². The predicted molar refractivity (Wildman–Crippen MR) is 112 cm³/mol. The minimum Gasteiger partial charge on any atom is -0.357 e. The van der Waals surface area contributed by atoms with Gasteiger partial charge in [0.25, 0.3) is 0 Å². The number of amides is 1. The van der Waals surface area contributed by atoms with Crippen molar-refractivity contribution in [2.75, 3.05) is 32.4 Å². The summed E-state index contributed by atoms with van der Waals surface area (Å²) in [6.45, 7) is 4.07. The van der Waals surface area contributed by atoms with Gasteiger partial charge in [-0.05, 0) is 25.5 Å². The second-order valence-corrected chi connectivity index (χ2v) is 6.83. The monoisotopic (exact) mass is 480 g/mol. The summed E-state index contributed by atoms with van der Waals surface area (Å²) in [7, 11) is 1.82. The zero-order chi connectivity index (χ0) is 17.4. The number of rotatable bonds is 6. The fourth-order valence-corrected chi connectivity index (χ4v) is 3.30. The van der Waals surface area contributed by atoms with Crippen LogP contribution in [0.4, 0.5) is 4.39 Å². The number of likely N-dealkylation sites (tertiary alicyclic amines) is 1. The van der Waals surface area contributed by atoms with Crippen molar-refractivity contribution in [1.29, 1.82) is 0 Å². The Hall–Kier alpha value is -1.03. The highest BCUT2D eigenvalue weighted by Crippen LogP contribution is 2.20. The molecule has 1 fully saturated rings. The lowest BCUT2D eigenvalue weighted by atomic mass is 10.1. The van der Waals surface area contributed by atoms with E-state index >= 15 is 0 Å². The molecule has 1 aromatic rings. The van der Waals surface area contributed by atoms with Crippen LogP contribution in [0.1, 0.15) is 19.8 Å². The molecule has 0 aromatic heterocycles. The van der Waals surface area contributed by atoms with Crippen LogP contribution in [0.3, 0.4) is 0 Å². The van der Waals surface area contributed by atoms with E-state index in [1.165, 1.54) is 17.8 Å². The molecule has 0 aliphatic carbocycles. The average Bonchev–Trinajstić information content (AvgIpc) is 2.56. The third-order valence-corrected chi connectivity index (χ3v) is 4.80. The van der Waals surface area contributed by atoms with Crippen molar-refractivity contribution >= 4 is 47.6 Å². The number of thioether (sulfide) groups is 1. The number of hydrogen-bond acceptors (Lipinski definition) is 3. The Morgan fingerprint density at radius 2 is 2.20 bits per heavy atom. The molecular weight excluding hydrogens is 454 g/mol. The SMILES string of the molecule is CCNC(=NCCSc1ccccc1F)NC1CCC(=O)N(C)C1.I. The zero-order valence-corrected chi connectivity index (χ0v) is 17.8. The summed E-state index contributed by atoms with van der Waals surface area (Å²) < 4.78 is 13.6. The van der Waals surface area contributed by atoms with Gasteiger partial charge < -0.3 is 15.5 Å². The molecule has 25 heavy (non-hydrogen) atoms. The largest absolute Gasteiger partial charge is 0.357 e. The Bertz CT molecular complexity index is 588. The van der Waals surface area contributed by atoms with Crippen LogP contribution in [-0.2, 0) is 4.79 Å². The molecule has 0 bridgehead atoms. The minimum absolute atomic E-state index is 0. The Labute approximate surface area is 170 Å². The minimum atomic E-state index is -0.188. The van der Waals surface area contributed by atoms with Crippen molar-refractivity contribution in [2.45, 2.75) is 30.7 Å². The van der Waals surface area contributed by atoms with Gasteiger partial charge in [-0.1, -0.05) is 12.1 Å². The molecule has 1 aliphatic heterocycles. The number of benzene rings is 1. The summed E-state index contributed by atoms with van der Waals surface area (Å²) in [4.78, 5) is 18.5. The molecule has 0 radical (unpaired) electrons. The first-order valence-electron chi connectivity index (χ1n) is 8.26. The first-order valence-corrected chi connectivity index (χ1v) is 9.25. The molecule has 1 aliphatic rings. The topological polar surface area (TPSA) is 56.7 Å². The highest BCUT2D eigenvalue weighted by Gasteiger charge is 2.23. The maximum absolute atomic E-state index is 13.6. The Morgan fingerprint density at radius 3 is 2.88 bits per heavy atom. The zero-order valence-electron chi connectivity index (χ0n) is 14.6. The lowest BCUT2D eigenvalue weighted by Gasteiger charge is -2.31. The normalized spacial score (nSPS) is 17.9. The van der Waals surface area contributed by atoms with E-state index in [9.17, 15) is 9.18 Å². The molecule has 1 aromatic carbocycles. The summed E-state index contributed by atoms with van der Waals surface area (Å²) >= 11 is 1.46. The number of carbonyl (C=O) groups excluding carboxylic acids is 1. The van der Waals surface area contributed by atoms with Crippen LogP contribution in [-0.4, -0.2) is 55.2 Å². The van der Waals surface area contributed by atoms with Gasteiger partial charge >= 0.3 is 0 Å². The molecule has 2 rings (SSSR count). The highest BCUT2D eigenvalue weighted by molar-refractivity contribution is 14.0. The van der Waals surface area contributed by atoms with Gasteiger partial charge in [0.1, 0.15) is 5.82 Å². The smallest absolute Gasteiger partial charge is 0.222 e. The van der Waals surface area contributed by atoms with E-state index < -0.39 is 0 Å². The quantitative estimate of drug-likeness (QED) is 0.216. The Morgan fingerprint density at radius 1 is 1.44 bits per heavy atom. The van der Waals surface area contributed by atoms with E-state index in [1.807, 2.05) is 20.0 Å². The molecular formula is C17H26FIN4OS. The van der Waals surface area contributed by atoms with Crippen molar-refractivity contribution in [1.82, 2.24) is 15.5 Å². The number of nitrogens with one attached hydrogen (secondary N) is 2. The third kappa shape index (κ3) is 7.39. The molecule has 5 nitrogen and oxygen atoms in total. The molecule has 8 heteroatoms. The molecule has 1 saturated heterocycles. The van der Waals surface area contributed by atoms with Crippen molar-refractivity contribution in [3.05, 3.63) is 30.1 Å². The average molecular weight is 480 g/mol. The van der Waals surface area contributed by atoms with Crippen molar-refractivity contribution in [3.63, 3.8) is 0 Å². The third-order valence-electron chi connectivity index (χ3n) is 3.77. The summed E-state index contributed by atoms with van der Waals surface area (Å²) in [5, 5.41) is 6.60. The van der Waals surface area contributed by atoms with Crippen LogP contribution in [0.25, 0.3) is 0 Å². The van der Waals surface area contributed by atoms with Crippen molar-refractivity contribution in [2.24, 2.45) is 4.99 Å². The first-order chi connectivity index (χ1) is 11.6. The van der Waals surface area contributed by atoms with Gasteiger partial charge in [0.05, 0.1) is 6.54 Å². The fourth-order valence-electron chi connectivity index (χ4n) is 2.52. The molecule has 140 valence electrons. The van der Waals surface area contributed by atoms with E-state index in [0.717, 1.165) is 18.9 Å². The second-order valence-electron chi connectivity index (χ2n) is 5.69. The Kier molecular flexibility index (Phi) is 10.2. The number of carbonyl (C=O) groups is 1. The van der Waals surface area contributed by atoms with E-state index in [2.05, 4.69) is 15.6 Å². The number of guanidine groups is 1. The van der Waals surface area contributed by atoms with Crippen LogP contribution in [0.2, 0.25) is 0 Å². The summed E-state index contributed by atoms with van der Waals surface area (Å²) in [5.74, 6) is 1.46. The molecule has 2 N–H and O–H groups in total. The van der Waals surface area contributed by atoms with Gasteiger partial charge in [-0.3, -0.25) is 9.79 Å². The fraction of sp³-hybridized carbons (Fsp3) is 0.529. The van der Waals surface area contributed by atoms with E-state index in [0.29, 0.717) is 30.2 Å². The number of halogens is 2. The number of likely N-dealkylation sites (N-methyl/N-ethyl adjacent to an activating group) is 1. The van der Waals surface area contributed by atoms with Gasteiger partial charge in [0.15, 0.2) is 5.96 Å². The summed E-state index contributed by atoms with van der Waals surface area (Å²) in [6.07, 6.45) is 1.38. The van der Waals surface area contributed by atoms with Gasteiger partial charge in [-0.25, -0.2) is 4.39 Å². The summed E-state index contributed by atoms with van der Waals surface area (Å²) in [5.41, 5.74) is 0. The standard InChI is InChI=1S/C17H25FN4OS.HI/c1-3-19-17(21-13-8-9-16(23)22(2)12-13)20-10-11-24-15-7-5-4-6-14(15)18;/h4-7,13H,3,8-12H2,1-2H3,(H2,19,20,21);1H. The molecule has 1 atom stereocenters. The number of nitrogens with zero attached hydrogens (tertiary/aromatic N) is 2. The second kappa shape index (κ2) is 11.6. The van der Waals surface area contributed by atoms with E-state index in [-0.39, 0.29) is 41.7 Å². The van der Waals surface area contributed by atoms with Crippen LogP contribution in [0.15, 0.2) is 34.2 Å².